The van der Waals surface area contributed by atoms with Crippen molar-refractivity contribution in [3.8, 4) is 0 Å². The number of likely N-dealkylation sites (tertiary alicyclic amines) is 2. The number of piperidine rings is 2. The number of pyridine rings is 1. The Hall–Kier alpha value is -3.47. The highest BCUT2D eigenvalue weighted by atomic mass is 16.2. The molecule has 0 bridgehead atoms. The molecule has 3 heterocycles. The number of carbonyl (C=O) groups is 2. The zero-order chi connectivity index (χ0) is 22.6. The van der Waals surface area contributed by atoms with Crippen molar-refractivity contribution in [2.45, 2.75) is 31.2 Å². The molecule has 2 atom stereocenters. The second kappa shape index (κ2) is 9.57. The first-order valence-corrected chi connectivity index (χ1v) is 11.8. The summed E-state index contributed by atoms with van der Waals surface area (Å²) >= 11 is 0. The van der Waals surface area contributed by atoms with Crippen molar-refractivity contribution in [2.24, 2.45) is 5.92 Å². The fourth-order valence-corrected chi connectivity index (χ4v) is 5.42. The summed E-state index contributed by atoms with van der Waals surface area (Å²) in [5.41, 5.74) is 3.13. The number of hydrogen-bond donors (Lipinski definition) is 0. The quantitative estimate of drug-likeness (QED) is 0.593. The van der Waals surface area contributed by atoms with E-state index >= 15 is 0 Å². The lowest BCUT2D eigenvalue weighted by Gasteiger charge is -2.48. The van der Waals surface area contributed by atoms with Crippen LogP contribution in [0.3, 0.4) is 0 Å². The molecule has 2 amide bonds. The van der Waals surface area contributed by atoms with Crippen molar-refractivity contribution in [1.82, 2.24) is 14.8 Å². The van der Waals surface area contributed by atoms with E-state index in [2.05, 4.69) is 58.4 Å². The molecule has 0 radical (unpaired) electrons. The van der Waals surface area contributed by atoms with Crippen LogP contribution in [-0.2, 0) is 4.79 Å². The van der Waals surface area contributed by atoms with Crippen molar-refractivity contribution in [3.05, 3.63) is 102 Å². The lowest BCUT2D eigenvalue weighted by atomic mass is 9.81. The smallest absolute Gasteiger partial charge is 0.253 e. The van der Waals surface area contributed by atoms with Gasteiger partial charge in [-0.3, -0.25) is 14.6 Å². The molecule has 2 aliphatic heterocycles. The highest BCUT2D eigenvalue weighted by Crippen LogP contribution is 2.35. The molecular formula is C28H29N3O2. The van der Waals surface area contributed by atoms with Crippen LogP contribution in [0.2, 0.25) is 0 Å². The maximum absolute atomic E-state index is 13.1. The Bertz CT molecular complexity index is 1050. The lowest BCUT2D eigenvalue weighted by Crippen LogP contribution is -2.57. The Balaban J connectivity index is 1.36. The number of benzene rings is 2. The second-order valence-corrected chi connectivity index (χ2v) is 9.06. The molecule has 2 fully saturated rings. The average Bonchev–Trinajstić information content (AvgIpc) is 2.89. The number of carbonyl (C=O) groups excluding carboxylic acids is 2. The van der Waals surface area contributed by atoms with Crippen molar-refractivity contribution < 1.29 is 9.59 Å². The van der Waals surface area contributed by atoms with E-state index in [0.29, 0.717) is 37.5 Å². The van der Waals surface area contributed by atoms with E-state index in [1.807, 2.05) is 17.0 Å². The topological polar surface area (TPSA) is 53.5 Å². The van der Waals surface area contributed by atoms with Crippen LogP contribution in [0, 0.1) is 5.92 Å². The van der Waals surface area contributed by atoms with Gasteiger partial charge in [0.2, 0.25) is 5.91 Å². The molecule has 0 unspecified atom stereocenters. The summed E-state index contributed by atoms with van der Waals surface area (Å²) in [6.07, 6.45) is 5.54. The zero-order valence-corrected chi connectivity index (χ0v) is 18.7. The minimum Gasteiger partial charge on any atom is -0.338 e. The number of hydrogen-bond acceptors (Lipinski definition) is 3. The van der Waals surface area contributed by atoms with Crippen LogP contribution in [0.5, 0.6) is 0 Å². The van der Waals surface area contributed by atoms with Crippen LogP contribution < -0.4 is 0 Å². The Kier molecular flexibility index (Phi) is 6.20. The van der Waals surface area contributed by atoms with E-state index in [1.54, 1.807) is 24.5 Å². The lowest BCUT2D eigenvalue weighted by molar-refractivity contribution is -0.140. The highest BCUT2D eigenvalue weighted by Gasteiger charge is 2.41. The zero-order valence-electron chi connectivity index (χ0n) is 18.7. The number of amides is 2. The normalized spacial score (nSPS) is 20.6. The largest absolute Gasteiger partial charge is 0.338 e. The van der Waals surface area contributed by atoms with Crippen LogP contribution in [0.15, 0.2) is 85.2 Å². The summed E-state index contributed by atoms with van der Waals surface area (Å²) in [5, 5.41) is 0. The van der Waals surface area contributed by atoms with E-state index in [0.717, 1.165) is 12.8 Å². The van der Waals surface area contributed by atoms with Gasteiger partial charge < -0.3 is 9.80 Å². The number of fused-ring (bicyclic) bond motifs is 1. The molecule has 0 spiro atoms. The molecule has 2 saturated heterocycles. The van der Waals surface area contributed by atoms with Crippen molar-refractivity contribution in [3.63, 3.8) is 0 Å². The summed E-state index contributed by atoms with van der Waals surface area (Å²) in [6, 6.07) is 24.7. The molecule has 2 aromatic carbocycles. The third-order valence-corrected chi connectivity index (χ3v) is 7.14. The maximum Gasteiger partial charge on any atom is 0.253 e. The SMILES string of the molecule is O=C(c1ccncc1)N1CC[C@@H]2[C@@H](CCC(=O)N2CC(c2ccccc2)c2ccccc2)C1. The fraction of sp³-hybridized carbons (Fsp3) is 0.321. The van der Waals surface area contributed by atoms with Gasteiger partial charge in [0.05, 0.1) is 0 Å². The first kappa shape index (κ1) is 21.4. The molecule has 168 valence electrons. The molecule has 2 aliphatic rings. The summed E-state index contributed by atoms with van der Waals surface area (Å²) < 4.78 is 0. The van der Waals surface area contributed by atoms with Crippen LogP contribution in [-0.4, -0.2) is 52.3 Å². The van der Waals surface area contributed by atoms with Gasteiger partial charge in [0.1, 0.15) is 0 Å². The van der Waals surface area contributed by atoms with Crippen molar-refractivity contribution in [2.75, 3.05) is 19.6 Å². The monoisotopic (exact) mass is 439 g/mol. The molecular weight excluding hydrogens is 410 g/mol. The number of aromatic nitrogens is 1. The molecule has 0 N–H and O–H groups in total. The second-order valence-electron chi connectivity index (χ2n) is 9.06. The summed E-state index contributed by atoms with van der Waals surface area (Å²) in [7, 11) is 0. The maximum atomic E-state index is 13.1. The van der Waals surface area contributed by atoms with E-state index < -0.39 is 0 Å². The van der Waals surface area contributed by atoms with Gasteiger partial charge in [-0.1, -0.05) is 60.7 Å². The van der Waals surface area contributed by atoms with Crippen molar-refractivity contribution >= 4 is 11.8 Å². The van der Waals surface area contributed by atoms with Gasteiger partial charge in [-0.25, -0.2) is 0 Å². The van der Waals surface area contributed by atoms with Crippen LogP contribution >= 0.6 is 0 Å². The minimum absolute atomic E-state index is 0.0609. The molecule has 0 saturated carbocycles. The molecule has 3 aromatic rings. The van der Waals surface area contributed by atoms with Crippen LogP contribution in [0.1, 0.15) is 46.7 Å². The summed E-state index contributed by atoms with van der Waals surface area (Å²) in [4.78, 5) is 34.2. The summed E-state index contributed by atoms with van der Waals surface area (Å²) in [6.45, 7) is 2.05. The van der Waals surface area contributed by atoms with Gasteiger partial charge in [0.15, 0.2) is 0 Å². The third kappa shape index (κ3) is 4.54. The predicted molar refractivity (Wildman–Crippen MR) is 128 cm³/mol. The Morgan fingerprint density at radius 2 is 1.55 bits per heavy atom. The molecule has 0 aliphatic carbocycles. The molecule has 5 nitrogen and oxygen atoms in total. The van der Waals surface area contributed by atoms with E-state index in [4.69, 9.17) is 0 Å². The van der Waals surface area contributed by atoms with Gasteiger partial charge in [-0.2, -0.15) is 0 Å². The van der Waals surface area contributed by atoms with E-state index in [-0.39, 0.29) is 23.8 Å². The standard InChI is InChI=1S/C28H29N3O2/c32-27-12-11-24-19-30(28(33)23-13-16-29-17-14-23)18-15-26(24)31(27)20-25(21-7-3-1-4-8-21)22-9-5-2-6-10-22/h1-10,13-14,16-17,24-26H,11-12,15,18-20H2/t24-,26+/m0/s1. The minimum atomic E-state index is 0.0609. The van der Waals surface area contributed by atoms with Gasteiger partial charge in [-0.15, -0.1) is 0 Å². The molecule has 5 heteroatoms. The van der Waals surface area contributed by atoms with E-state index in [9.17, 15) is 9.59 Å². The first-order chi connectivity index (χ1) is 16.2. The average molecular weight is 440 g/mol. The van der Waals surface area contributed by atoms with Crippen LogP contribution in [0.25, 0.3) is 0 Å². The number of nitrogens with zero attached hydrogens (tertiary/aromatic N) is 3. The summed E-state index contributed by atoms with van der Waals surface area (Å²) in [5.74, 6) is 0.744. The molecule has 5 rings (SSSR count). The number of rotatable bonds is 5. The molecule has 1 aromatic heterocycles. The van der Waals surface area contributed by atoms with Crippen LogP contribution in [0.4, 0.5) is 0 Å². The highest BCUT2D eigenvalue weighted by molar-refractivity contribution is 5.94. The Morgan fingerprint density at radius 3 is 2.18 bits per heavy atom. The van der Waals surface area contributed by atoms with Gasteiger partial charge in [0.25, 0.3) is 5.91 Å². The van der Waals surface area contributed by atoms with Crippen molar-refractivity contribution in [1.29, 1.82) is 0 Å². The van der Waals surface area contributed by atoms with Gasteiger partial charge in [-0.05, 0) is 42.0 Å². The Morgan fingerprint density at radius 1 is 0.909 bits per heavy atom. The van der Waals surface area contributed by atoms with Gasteiger partial charge in [0, 0.05) is 56.0 Å². The predicted octanol–water partition coefficient (Wildman–Crippen LogP) is 4.37. The first-order valence-electron chi connectivity index (χ1n) is 11.8. The molecule has 33 heavy (non-hydrogen) atoms. The van der Waals surface area contributed by atoms with Gasteiger partial charge >= 0.3 is 0 Å². The fourth-order valence-electron chi connectivity index (χ4n) is 5.42. The third-order valence-electron chi connectivity index (χ3n) is 7.14. The Labute approximate surface area is 195 Å². The van der Waals surface area contributed by atoms with E-state index in [1.165, 1.54) is 11.1 Å².